The van der Waals surface area contributed by atoms with Gasteiger partial charge in [0.25, 0.3) is 0 Å². The molecule has 110 valence electrons. The zero-order valence-corrected chi connectivity index (χ0v) is 11.9. The van der Waals surface area contributed by atoms with E-state index in [1.807, 2.05) is 10.8 Å². The molecule has 5 heteroatoms. The summed E-state index contributed by atoms with van der Waals surface area (Å²) in [6.45, 7) is 1.46. The number of fused-ring (bicyclic) bond motifs is 2. The smallest absolute Gasteiger partial charge is 0.223 e. The molecular weight excluding hydrogens is 252 g/mol. The standard InChI is InChI=1S/C15H24N4O/c16-14-11-2-1-3-12(14)9-13(8-11)15(20)18-5-7-19-6-4-17-10-19/h4,6,10-14H,1-3,5,7-9,16H2,(H,18,20). The van der Waals surface area contributed by atoms with Gasteiger partial charge in [-0.15, -0.1) is 0 Å². The van der Waals surface area contributed by atoms with Gasteiger partial charge in [0.15, 0.2) is 0 Å². The molecule has 2 aliphatic rings. The summed E-state index contributed by atoms with van der Waals surface area (Å²) in [7, 11) is 0. The van der Waals surface area contributed by atoms with Crippen LogP contribution in [0.3, 0.4) is 0 Å². The molecule has 0 saturated heterocycles. The number of nitrogens with zero attached hydrogens (tertiary/aromatic N) is 2. The van der Waals surface area contributed by atoms with E-state index in [9.17, 15) is 4.79 Å². The molecule has 1 aromatic rings. The summed E-state index contributed by atoms with van der Waals surface area (Å²) in [5.41, 5.74) is 6.27. The van der Waals surface area contributed by atoms with Crippen LogP contribution in [0.4, 0.5) is 0 Å². The van der Waals surface area contributed by atoms with E-state index in [4.69, 9.17) is 5.73 Å². The Balaban J connectivity index is 1.48. The predicted octanol–water partition coefficient (Wildman–Crippen LogP) is 1.15. The molecule has 20 heavy (non-hydrogen) atoms. The average molecular weight is 276 g/mol. The van der Waals surface area contributed by atoms with E-state index in [0.29, 0.717) is 24.4 Å². The Morgan fingerprint density at radius 2 is 2.10 bits per heavy atom. The molecule has 1 heterocycles. The molecule has 0 radical (unpaired) electrons. The Hall–Kier alpha value is -1.36. The molecule has 2 fully saturated rings. The van der Waals surface area contributed by atoms with E-state index >= 15 is 0 Å². The van der Waals surface area contributed by atoms with Crippen molar-refractivity contribution in [3.05, 3.63) is 18.7 Å². The molecule has 2 bridgehead atoms. The summed E-state index contributed by atoms with van der Waals surface area (Å²) < 4.78 is 1.98. The summed E-state index contributed by atoms with van der Waals surface area (Å²) >= 11 is 0. The van der Waals surface area contributed by atoms with Gasteiger partial charge in [-0.1, -0.05) is 6.42 Å². The zero-order chi connectivity index (χ0) is 13.9. The van der Waals surface area contributed by atoms with Crippen molar-refractivity contribution in [3.63, 3.8) is 0 Å². The number of hydrogen-bond donors (Lipinski definition) is 2. The third-order valence-corrected chi connectivity index (χ3v) is 5.01. The lowest BCUT2D eigenvalue weighted by Gasteiger charge is -2.43. The van der Waals surface area contributed by atoms with Crippen LogP contribution in [0.15, 0.2) is 18.7 Å². The van der Waals surface area contributed by atoms with Crippen LogP contribution in [-0.4, -0.2) is 28.0 Å². The molecule has 0 aliphatic heterocycles. The highest BCUT2D eigenvalue weighted by Crippen LogP contribution is 2.41. The quantitative estimate of drug-likeness (QED) is 0.866. The number of nitrogens with one attached hydrogen (secondary N) is 1. The van der Waals surface area contributed by atoms with E-state index in [0.717, 1.165) is 19.4 Å². The molecule has 2 atom stereocenters. The summed E-state index contributed by atoms with van der Waals surface area (Å²) in [4.78, 5) is 16.3. The summed E-state index contributed by atoms with van der Waals surface area (Å²) in [6, 6.07) is 0.332. The number of nitrogens with two attached hydrogens (primary N) is 1. The summed E-state index contributed by atoms with van der Waals surface area (Å²) in [5, 5.41) is 3.07. The van der Waals surface area contributed by atoms with Gasteiger partial charge < -0.3 is 15.6 Å². The van der Waals surface area contributed by atoms with Crippen LogP contribution in [0, 0.1) is 17.8 Å². The van der Waals surface area contributed by atoms with Crippen LogP contribution in [0.2, 0.25) is 0 Å². The highest BCUT2D eigenvalue weighted by atomic mass is 16.1. The van der Waals surface area contributed by atoms with Crippen molar-refractivity contribution >= 4 is 5.91 Å². The second-order valence-corrected chi connectivity index (χ2v) is 6.29. The molecule has 1 aromatic heterocycles. The van der Waals surface area contributed by atoms with Crippen LogP contribution in [0.1, 0.15) is 32.1 Å². The van der Waals surface area contributed by atoms with Crippen molar-refractivity contribution in [2.45, 2.75) is 44.7 Å². The Bertz CT molecular complexity index is 431. The third-order valence-electron chi connectivity index (χ3n) is 5.01. The molecule has 5 nitrogen and oxygen atoms in total. The first-order valence-corrected chi connectivity index (χ1v) is 7.73. The van der Waals surface area contributed by atoms with Crippen molar-refractivity contribution in [3.8, 4) is 0 Å². The van der Waals surface area contributed by atoms with Crippen molar-refractivity contribution in [1.29, 1.82) is 0 Å². The van der Waals surface area contributed by atoms with Crippen molar-refractivity contribution in [2.75, 3.05) is 6.54 Å². The minimum absolute atomic E-state index is 0.174. The highest BCUT2D eigenvalue weighted by molar-refractivity contribution is 5.78. The monoisotopic (exact) mass is 276 g/mol. The first-order valence-electron chi connectivity index (χ1n) is 7.73. The van der Waals surface area contributed by atoms with Crippen LogP contribution >= 0.6 is 0 Å². The second-order valence-electron chi connectivity index (χ2n) is 6.29. The second kappa shape index (κ2) is 5.95. The lowest BCUT2D eigenvalue weighted by molar-refractivity contribution is -0.127. The Kier molecular flexibility index (Phi) is 4.05. The summed E-state index contributed by atoms with van der Waals surface area (Å²) in [6.07, 6.45) is 11.1. The van der Waals surface area contributed by atoms with Gasteiger partial charge in [-0.2, -0.15) is 0 Å². The Morgan fingerprint density at radius 3 is 2.75 bits per heavy atom. The first-order chi connectivity index (χ1) is 9.74. The van der Waals surface area contributed by atoms with Crippen LogP contribution < -0.4 is 11.1 Å². The van der Waals surface area contributed by atoms with Gasteiger partial charge in [0.2, 0.25) is 5.91 Å². The van der Waals surface area contributed by atoms with Crippen molar-refractivity contribution < 1.29 is 4.79 Å². The van der Waals surface area contributed by atoms with Crippen molar-refractivity contribution in [1.82, 2.24) is 14.9 Å². The van der Waals surface area contributed by atoms with Gasteiger partial charge in [0.1, 0.15) is 0 Å². The molecule has 0 aromatic carbocycles. The maximum Gasteiger partial charge on any atom is 0.223 e. The summed E-state index contributed by atoms with van der Waals surface area (Å²) in [5.74, 6) is 1.51. The number of amides is 1. The fourth-order valence-electron chi connectivity index (χ4n) is 3.87. The Morgan fingerprint density at radius 1 is 1.35 bits per heavy atom. The minimum atomic E-state index is 0.174. The number of hydrogen-bond acceptors (Lipinski definition) is 3. The fraction of sp³-hybridized carbons (Fsp3) is 0.733. The van der Waals surface area contributed by atoms with E-state index in [-0.39, 0.29) is 11.8 Å². The maximum absolute atomic E-state index is 12.3. The van der Waals surface area contributed by atoms with Gasteiger partial charge in [-0.25, -0.2) is 4.98 Å². The first kappa shape index (κ1) is 13.6. The zero-order valence-electron chi connectivity index (χ0n) is 11.9. The molecule has 2 aliphatic carbocycles. The number of carbonyl (C=O) groups is 1. The van der Waals surface area contributed by atoms with Gasteiger partial charge >= 0.3 is 0 Å². The lowest BCUT2D eigenvalue weighted by Crippen LogP contribution is -2.49. The topological polar surface area (TPSA) is 72.9 Å². The fourth-order valence-corrected chi connectivity index (χ4v) is 3.87. The molecule has 0 spiro atoms. The average Bonchev–Trinajstić information content (AvgIpc) is 2.91. The highest BCUT2D eigenvalue weighted by Gasteiger charge is 2.40. The van der Waals surface area contributed by atoms with E-state index in [1.165, 1.54) is 19.3 Å². The molecular formula is C15H24N4O. The largest absolute Gasteiger partial charge is 0.354 e. The number of aromatic nitrogens is 2. The normalized spacial score (nSPS) is 32.9. The van der Waals surface area contributed by atoms with E-state index < -0.39 is 0 Å². The molecule has 3 rings (SSSR count). The van der Waals surface area contributed by atoms with Gasteiger partial charge in [0.05, 0.1) is 6.33 Å². The minimum Gasteiger partial charge on any atom is -0.354 e. The van der Waals surface area contributed by atoms with E-state index in [1.54, 1.807) is 12.5 Å². The number of rotatable bonds is 4. The van der Waals surface area contributed by atoms with Crippen LogP contribution in [0.25, 0.3) is 0 Å². The molecule has 1 amide bonds. The lowest BCUT2D eigenvalue weighted by atomic mass is 9.65. The molecule has 2 saturated carbocycles. The van der Waals surface area contributed by atoms with Gasteiger partial charge in [-0.05, 0) is 37.5 Å². The van der Waals surface area contributed by atoms with Crippen LogP contribution in [0.5, 0.6) is 0 Å². The Labute approximate surface area is 119 Å². The molecule has 3 N–H and O–H groups in total. The SMILES string of the molecule is NC1C2CCCC1CC(C(=O)NCCn1ccnc1)C2. The third kappa shape index (κ3) is 2.87. The number of imidazole rings is 1. The van der Waals surface area contributed by atoms with Crippen molar-refractivity contribution in [2.24, 2.45) is 23.5 Å². The number of carbonyl (C=O) groups excluding carboxylic acids is 1. The predicted molar refractivity (Wildman–Crippen MR) is 76.8 cm³/mol. The maximum atomic E-state index is 12.3. The molecule has 2 unspecified atom stereocenters. The van der Waals surface area contributed by atoms with E-state index in [2.05, 4.69) is 10.3 Å². The van der Waals surface area contributed by atoms with Crippen LogP contribution in [-0.2, 0) is 11.3 Å². The van der Waals surface area contributed by atoms with Gasteiger partial charge in [0, 0.05) is 37.4 Å². The van der Waals surface area contributed by atoms with Gasteiger partial charge in [-0.3, -0.25) is 4.79 Å².